The van der Waals surface area contributed by atoms with Crippen molar-refractivity contribution >= 4 is 5.97 Å². The lowest BCUT2D eigenvalue weighted by molar-refractivity contribution is -0.130. The van der Waals surface area contributed by atoms with Crippen LogP contribution in [0.25, 0.3) is 0 Å². The molecule has 4 nitrogen and oxygen atoms in total. The molecule has 1 rings (SSSR count). The predicted octanol–water partition coefficient (Wildman–Crippen LogP) is 0.958. The highest BCUT2D eigenvalue weighted by molar-refractivity contribution is 5.88. The zero-order chi connectivity index (χ0) is 8.97. The van der Waals surface area contributed by atoms with E-state index in [0.717, 1.165) is 0 Å². The quantitative estimate of drug-likeness (QED) is 0.482. The average molecular weight is 164 g/mol. The van der Waals surface area contributed by atoms with E-state index in [0.29, 0.717) is 5.57 Å². The van der Waals surface area contributed by atoms with Gasteiger partial charge < -0.3 is 4.74 Å². The van der Waals surface area contributed by atoms with E-state index >= 15 is 0 Å². The third kappa shape index (κ3) is 2.16. The van der Waals surface area contributed by atoms with E-state index in [1.165, 1.54) is 12.4 Å². The predicted molar refractivity (Wildman–Crippen MR) is 42.5 cm³/mol. The van der Waals surface area contributed by atoms with Gasteiger partial charge in [0.1, 0.15) is 0 Å². The Bertz CT molecular complexity index is 295. The standard InChI is InChI=1S/C8H8N2O2/c1-6(2)7(11)12-8-9-4-3-5-10-8/h3-5H,1H2,2H3. The first-order valence-electron chi connectivity index (χ1n) is 3.35. The summed E-state index contributed by atoms with van der Waals surface area (Å²) in [4.78, 5) is 18.3. The van der Waals surface area contributed by atoms with Crippen LogP contribution in [0, 0.1) is 0 Å². The van der Waals surface area contributed by atoms with Crippen LogP contribution in [0.5, 0.6) is 6.01 Å². The molecule has 0 saturated carbocycles. The van der Waals surface area contributed by atoms with Crippen molar-refractivity contribution in [3.8, 4) is 6.01 Å². The van der Waals surface area contributed by atoms with E-state index in [-0.39, 0.29) is 6.01 Å². The second-order valence-electron chi connectivity index (χ2n) is 2.20. The van der Waals surface area contributed by atoms with Crippen LogP contribution in [0.2, 0.25) is 0 Å². The Morgan fingerprint density at radius 2 is 2.08 bits per heavy atom. The Balaban J connectivity index is 2.65. The van der Waals surface area contributed by atoms with Crippen LogP contribution in [-0.2, 0) is 4.79 Å². The van der Waals surface area contributed by atoms with Crippen molar-refractivity contribution in [1.82, 2.24) is 9.97 Å². The minimum atomic E-state index is -0.513. The Labute approximate surface area is 69.9 Å². The highest BCUT2D eigenvalue weighted by atomic mass is 16.5. The van der Waals surface area contributed by atoms with Crippen LogP contribution in [-0.4, -0.2) is 15.9 Å². The van der Waals surface area contributed by atoms with Gasteiger partial charge in [-0.3, -0.25) is 0 Å². The third-order valence-electron chi connectivity index (χ3n) is 1.07. The van der Waals surface area contributed by atoms with Crippen molar-refractivity contribution in [1.29, 1.82) is 0 Å². The van der Waals surface area contributed by atoms with Gasteiger partial charge in [0.2, 0.25) is 0 Å². The second kappa shape index (κ2) is 3.61. The molecule has 0 saturated heterocycles. The lowest BCUT2D eigenvalue weighted by Crippen LogP contribution is -2.09. The number of hydrogen-bond acceptors (Lipinski definition) is 4. The minimum Gasteiger partial charge on any atom is -0.387 e. The number of hydrogen-bond donors (Lipinski definition) is 0. The molecule has 0 unspecified atom stereocenters. The lowest BCUT2D eigenvalue weighted by atomic mass is 10.4. The number of rotatable bonds is 2. The van der Waals surface area contributed by atoms with Gasteiger partial charge in [0.05, 0.1) is 0 Å². The van der Waals surface area contributed by atoms with Crippen molar-refractivity contribution in [2.75, 3.05) is 0 Å². The molecule has 1 heterocycles. The first-order valence-corrected chi connectivity index (χ1v) is 3.35. The smallest absolute Gasteiger partial charge is 0.340 e. The summed E-state index contributed by atoms with van der Waals surface area (Å²) in [6.45, 7) is 4.98. The number of carbonyl (C=O) groups is 1. The molecule has 0 fully saturated rings. The average Bonchev–Trinajstić information content (AvgIpc) is 2.06. The molecule has 0 amide bonds. The highest BCUT2D eigenvalue weighted by Crippen LogP contribution is 2.00. The first kappa shape index (κ1) is 8.39. The molecule has 1 aromatic rings. The monoisotopic (exact) mass is 164 g/mol. The van der Waals surface area contributed by atoms with E-state index in [1.807, 2.05) is 0 Å². The molecule has 0 spiro atoms. The molecule has 0 aliphatic rings. The minimum absolute atomic E-state index is 0.0468. The molecular weight excluding hydrogens is 156 g/mol. The maximum Gasteiger partial charge on any atom is 0.340 e. The SMILES string of the molecule is C=C(C)C(=O)Oc1ncccn1. The topological polar surface area (TPSA) is 52.1 Å². The molecule has 0 N–H and O–H groups in total. The normalized spacial score (nSPS) is 9.08. The summed E-state index contributed by atoms with van der Waals surface area (Å²) < 4.78 is 4.72. The van der Waals surface area contributed by atoms with Gasteiger partial charge >= 0.3 is 12.0 Å². The van der Waals surface area contributed by atoms with Gasteiger partial charge in [0.25, 0.3) is 0 Å². The summed E-state index contributed by atoms with van der Waals surface area (Å²) in [7, 11) is 0. The molecular formula is C8H8N2O2. The maximum absolute atomic E-state index is 10.9. The number of nitrogens with zero attached hydrogens (tertiary/aromatic N) is 2. The third-order valence-corrected chi connectivity index (χ3v) is 1.07. The van der Waals surface area contributed by atoms with E-state index in [1.54, 1.807) is 13.0 Å². The highest BCUT2D eigenvalue weighted by Gasteiger charge is 2.05. The molecule has 0 aliphatic heterocycles. The molecule has 62 valence electrons. The fourth-order valence-corrected chi connectivity index (χ4v) is 0.508. The number of ether oxygens (including phenoxy) is 1. The van der Waals surface area contributed by atoms with Gasteiger partial charge in [0.15, 0.2) is 0 Å². The Morgan fingerprint density at radius 3 is 2.58 bits per heavy atom. The van der Waals surface area contributed by atoms with Gasteiger partial charge in [-0.05, 0) is 13.0 Å². The van der Waals surface area contributed by atoms with E-state index in [4.69, 9.17) is 4.74 Å². The van der Waals surface area contributed by atoms with Gasteiger partial charge in [-0.2, -0.15) is 0 Å². The van der Waals surface area contributed by atoms with Gasteiger partial charge in [-0.1, -0.05) is 6.58 Å². The molecule has 0 aromatic carbocycles. The van der Waals surface area contributed by atoms with Crippen molar-refractivity contribution in [2.45, 2.75) is 6.92 Å². The van der Waals surface area contributed by atoms with Gasteiger partial charge in [-0.25, -0.2) is 14.8 Å². The van der Waals surface area contributed by atoms with E-state index < -0.39 is 5.97 Å². The van der Waals surface area contributed by atoms with Crippen LogP contribution in [0.15, 0.2) is 30.6 Å². The molecule has 4 heteroatoms. The molecule has 0 aliphatic carbocycles. The van der Waals surface area contributed by atoms with Gasteiger partial charge in [-0.15, -0.1) is 0 Å². The zero-order valence-corrected chi connectivity index (χ0v) is 6.65. The number of aromatic nitrogens is 2. The second-order valence-corrected chi connectivity index (χ2v) is 2.20. The summed E-state index contributed by atoms with van der Waals surface area (Å²) in [5.74, 6) is -0.513. The summed E-state index contributed by atoms with van der Waals surface area (Å²) >= 11 is 0. The van der Waals surface area contributed by atoms with Gasteiger partial charge in [0, 0.05) is 18.0 Å². The van der Waals surface area contributed by atoms with Crippen molar-refractivity contribution < 1.29 is 9.53 Å². The number of carbonyl (C=O) groups excluding carboxylic acids is 1. The van der Waals surface area contributed by atoms with Crippen molar-refractivity contribution in [3.05, 3.63) is 30.6 Å². The Kier molecular flexibility index (Phi) is 2.53. The fourth-order valence-electron chi connectivity index (χ4n) is 0.508. The van der Waals surface area contributed by atoms with Crippen molar-refractivity contribution in [2.24, 2.45) is 0 Å². The summed E-state index contributed by atoms with van der Waals surface area (Å²) in [5, 5.41) is 0. The largest absolute Gasteiger partial charge is 0.387 e. The Morgan fingerprint density at radius 1 is 1.50 bits per heavy atom. The lowest BCUT2D eigenvalue weighted by Gasteiger charge is -1.98. The summed E-state index contributed by atoms with van der Waals surface area (Å²) in [5.41, 5.74) is 0.322. The van der Waals surface area contributed by atoms with E-state index in [9.17, 15) is 4.79 Å². The summed E-state index contributed by atoms with van der Waals surface area (Å²) in [6.07, 6.45) is 2.99. The molecule has 1 aromatic heterocycles. The molecule has 0 bridgehead atoms. The van der Waals surface area contributed by atoms with Crippen LogP contribution in [0.3, 0.4) is 0 Å². The zero-order valence-electron chi connectivity index (χ0n) is 6.65. The van der Waals surface area contributed by atoms with Crippen LogP contribution >= 0.6 is 0 Å². The van der Waals surface area contributed by atoms with Crippen LogP contribution in [0.1, 0.15) is 6.92 Å². The van der Waals surface area contributed by atoms with Crippen molar-refractivity contribution in [3.63, 3.8) is 0 Å². The molecule has 0 atom stereocenters. The summed E-state index contributed by atoms with van der Waals surface area (Å²) in [6, 6.07) is 1.68. The molecule has 12 heavy (non-hydrogen) atoms. The molecule has 0 radical (unpaired) electrons. The van der Waals surface area contributed by atoms with E-state index in [2.05, 4.69) is 16.5 Å². The van der Waals surface area contributed by atoms with Crippen LogP contribution < -0.4 is 4.74 Å². The first-order chi connectivity index (χ1) is 5.70. The van der Waals surface area contributed by atoms with Crippen LogP contribution in [0.4, 0.5) is 0 Å². The number of esters is 1. The maximum atomic E-state index is 10.9. The Hall–Kier alpha value is -1.71. The fraction of sp³-hybridized carbons (Fsp3) is 0.125.